The van der Waals surface area contributed by atoms with Crippen molar-refractivity contribution in [1.82, 2.24) is 14.8 Å². The van der Waals surface area contributed by atoms with Gasteiger partial charge in [-0.25, -0.2) is 4.98 Å². The quantitative estimate of drug-likeness (QED) is 0.908. The molecule has 7 heteroatoms. The Morgan fingerprint density at radius 2 is 1.95 bits per heavy atom. The molecule has 0 saturated carbocycles. The van der Waals surface area contributed by atoms with Gasteiger partial charge in [0.1, 0.15) is 5.82 Å². The molecule has 1 saturated heterocycles. The molecule has 0 bridgehead atoms. The van der Waals surface area contributed by atoms with Gasteiger partial charge in [0.05, 0.1) is 5.02 Å². The molecule has 1 aromatic heterocycles. The number of rotatable bonds is 4. The van der Waals surface area contributed by atoms with E-state index in [-0.39, 0.29) is 11.8 Å². The summed E-state index contributed by atoms with van der Waals surface area (Å²) in [4.78, 5) is 31.0. The summed E-state index contributed by atoms with van der Waals surface area (Å²) in [7, 11) is 0. The van der Waals surface area contributed by atoms with E-state index in [0.717, 1.165) is 0 Å². The lowest BCUT2D eigenvalue weighted by Crippen LogP contribution is -2.50. The lowest BCUT2D eigenvalue weighted by atomic mass is 10.2. The fraction of sp³-hybridized carbons (Fsp3) is 0.500. The molecular formula is C14H19ClN4O2. The highest BCUT2D eigenvalue weighted by molar-refractivity contribution is 6.32. The number of halogens is 1. The fourth-order valence-corrected chi connectivity index (χ4v) is 2.42. The first-order valence-electron chi connectivity index (χ1n) is 6.95. The smallest absolute Gasteiger partial charge is 0.224 e. The predicted octanol–water partition coefficient (Wildman–Crippen LogP) is 1.23. The highest BCUT2D eigenvalue weighted by atomic mass is 35.5. The van der Waals surface area contributed by atoms with Gasteiger partial charge in [0.15, 0.2) is 0 Å². The van der Waals surface area contributed by atoms with E-state index < -0.39 is 0 Å². The molecule has 114 valence electrons. The number of amides is 2. The second-order valence-corrected chi connectivity index (χ2v) is 5.30. The van der Waals surface area contributed by atoms with Gasteiger partial charge in [-0.1, -0.05) is 11.6 Å². The van der Waals surface area contributed by atoms with Crippen LogP contribution in [0.1, 0.15) is 13.3 Å². The minimum absolute atomic E-state index is 0.0635. The molecule has 0 radical (unpaired) electrons. The molecule has 0 unspecified atom stereocenters. The van der Waals surface area contributed by atoms with Gasteiger partial charge in [0.25, 0.3) is 0 Å². The number of hydrogen-bond donors (Lipinski definition) is 1. The lowest BCUT2D eigenvalue weighted by molar-refractivity contribution is -0.138. The number of pyridine rings is 1. The van der Waals surface area contributed by atoms with Crippen LogP contribution >= 0.6 is 11.6 Å². The van der Waals surface area contributed by atoms with Gasteiger partial charge in [-0.3, -0.25) is 9.59 Å². The summed E-state index contributed by atoms with van der Waals surface area (Å²) in [5.74, 6) is 0.736. The average Bonchev–Trinajstić information content (AvgIpc) is 2.49. The number of piperazine rings is 1. The van der Waals surface area contributed by atoms with Crippen LogP contribution in [0.15, 0.2) is 18.3 Å². The van der Waals surface area contributed by atoms with E-state index in [4.69, 9.17) is 11.6 Å². The number of nitrogens with one attached hydrogen (secondary N) is 1. The second-order valence-electron chi connectivity index (χ2n) is 4.90. The predicted molar refractivity (Wildman–Crippen MR) is 81.2 cm³/mol. The van der Waals surface area contributed by atoms with Crippen LogP contribution in [0.25, 0.3) is 0 Å². The van der Waals surface area contributed by atoms with Crippen molar-refractivity contribution in [3.05, 3.63) is 23.4 Å². The van der Waals surface area contributed by atoms with Gasteiger partial charge >= 0.3 is 0 Å². The van der Waals surface area contributed by atoms with Crippen molar-refractivity contribution in [1.29, 1.82) is 0 Å². The van der Waals surface area contributed by atoms with Crippen LogP contribution in [0.2, 0.25) is 5.02 Å². The van der Waals surface area contributed by atoms with Crippen LogP contribution in [0.3, 0.4) is 0 Å². The van der Waals surface area contributed by atoms with Crippen molar-refractivity contribution in [2.24, 2.45) is 0 Å². The monoisotopic (exact) mass is 310 g/mol. The van der Waals surface area contributed by atoms with Crippen molar-refractivity contribution in [3.8, 4) is 0 Å². The summed E-state index contributed by atoms with van der Waals surface area (Å²) in [6, 6.07) is 3.51. The fourth-order valence-electron chi connectivity index (χ4n) is 2.23. The van der Waals surface area contributed by atoms with Gasteiger partial charge < -0.3 is 15.1 Å². The van der Waals surface area contributed by atoms with Gasteiger partial charge in [-0.05, 0) is 12.1 Å². The Labute approximate surface area is 129 Å². The molecule has 2 amide bonds. The Balaban J connectivity index is 1.73. The molecule has 1 fully saturated rings. The molecule has 21 heavy (non-hydrogen) atoms. The van der Waals surface area contributed by atoms with Crippen LogP contribution in [0.4, 0.5) is 5.82 Å². The van der Waals surface area contributed by atoms with Crippen molar-refractivity contribution in [3.63, 3.8) is 0 Å². The zero-order valence-corrected chi connectivity index (χ0v) is 12.8. The molecule has 1 aromatic rings. The Morgan fingerprint density at radius 1 is 1.29 bits per heavy atom. The number of carbonyl (C=O) groups excluding carboxylic acids is 2. The van der Waals surface area contributed by atoms with Crippen molar-refractivity contribution < 1.29 is 9.59 Å². The van der Waals surface area contributed by atoms with Crippen molar-refractivity contribution in [2.45, 2.75) is 13.3 Å². The highest BCUT2D eigenvalue weighted by Gasteiger charge is 2.21. The number of carbonyl (C=O) groups is 2. The SMILES string of the molecule is CC(=O)N1CCN(C(=O)CCNc2ncccc2Cl)CC1. The molecule has 1 aliphatic rings. The zero-order valence-electron chi connectivity index (χ0n) is 12.0. The minimum atomic E-state index is 0.0635. The van der Waals surface area contributed by atoms with Crippen LogP contribution < -0.4 is 5.32 Å². The van der Waals surface area contributed by atoms with Crippen molar-refractivity contribution in [2.75, 3.05) is 38.0 Å². The molecule has 0 atom stereocenters. The van der Waals surface area contributed by atoms with E-state index in [2.05, 4.69) is 10.3 Å². The molecule has 6 nitrogen and oxygen atoms in total. The summed E-state index contributed by atoms with van der Waals surface area (Å²) in [5, 5.41) is 3.60. The maximum atomic E-state index is 12.1. The minimum Gasteiger partial charge on any atom is -0.368 e. The van der Waals surface area contributed by atoms with Gasteiger partial charge in [0, 0.05) is 52.3 Å². The standard InChI is InChI=1S/C14H19ClN4O2/c1-11(20)18-7-9-19(10-8-18)13(21)4-6-17-14-12(15)3-2-5-16-14/h2-3,5H,4,6-10H2,1H3,(H,16,17). The molecule has 0 aromatic carbocycles. The van der Waals surface area contributed by atoms with Crippen LogP contribution in [-0.4, -0.2) is 59.3 Å². The lowest BCUT2D eigenvalue weighted by Gasteiger charge is -2.34. The van der Waals surface area contributed by atoms with Crippen molar-refractivity contribution >= 4 is 29.2 Å². The third-order valence-electron chi connectivity index (χ3n) is 3.47. The molecular weight excluding hydrogens is 292 g/mol. The summed E-state index contributed by atoms with van der Waals surface area (Å²) in [6.07, 6.45) is 2.03. The molecule has 0 aliphatic carbocycles. The normalized spacial score (nSPS) is 15.0. The molecule has 1 aliphatic heterocycles. The largest absolute Gasteiger partial charge is 0.368 e. The maximum absolute atomic E-state index is 12.1. The molecule has 1 N–H and O–H groups in total. The van der Waals surface area contributed by atoms with E-state index in [0.29, 0.717) is 50.0 Å². The summed E-state index contributed by atoms with van der Waals surface area (Å²) >= 11 is 5.98. The van der Waals surface area contributed by atoms with Crippen LogP contribution in [0, 0.1) is 0 Å². The number of hydrogen-bond acceptors (Lipinski definition) is 4. The van der Waals surface area contributed by atoms with E-state index in [1.807, 2.05) is 0 Å². The topological polar surface area (TPSA) is 65.5 Å². The first-order valence-corrected chi connectivity index (χ1v) is 7.33. The summed E-state index contributed by atoms with van der Waals surface area (Å²) < 4.78 is 0. The van der Waals surface area contributed by atoms with E-state index in [9.17, 15) is 9.59 Å². The molecule has 0 spiro atoms. The summed E-state index contributed by atoms with van der Waals surface area (Å²) in [6.45, 7) is 4.47. The first-order chi connectivity index (χ1) is 10.1. The third kappa shape index (κ3) is 4.32. The van der Waals surface area contributed by atoms with Gasteiger partial charge in [-0.2, -0.15) is 0 Å². The van der Waals surface area contributed by atoms with Gasteiger partial charge in [0.2, 0.25) is 11.8 Å². The van der Waals surface area contributed by atoms with Crippen LogP contribution in [0.5, 0.6) is 0 Å². The number of nitrogens with zero attached hydrogens (tertiary/aromatic N) is 3. The highest BCUT2D eigenvalue weighted by Crippen LogP contribution is 2.17. The zero-order chi connectivity index (χ0) is 15.2. The Hall–Kier alpha value is -1.82. The Morgan fingerprint density at radius 3 is 2.57 bits per heavy atom. The van der Waals surface area contributed by atoms with Gasteiger partial charge in [-0.15, -0.1) is 0 Å². The Kier molecular flexibility index (Phi) is 5.38. The van der Waals surface area contributed by atoms with E-state index >= 15 is 0 Å². The first kappa shape index (κ1) is 15.6. The number of aromatic nitrogens is 1. The van der Waals surface area contributed by atoms with Crippen LogP contribution in [-0.2, 0) is 9.59 Å². The van der Waals surface area contributed by atoms with E-state index in [1.165, 1.54) is 0 Å². The molecule has 2 rings (SSSR count). The third-order valence-corrected chi connectivity index (χ3v) is 3.77. The summed E-state index contributed by atoms with van der Waals surface area (Å²) in [5.41, 5.74) is 0. The molecule has 2 heterocycles. The average molecular weight is 311 g/mol. The van der Waals surface area contributed by atoms with E-state index in [1.54, 1.807) is 35.1 Å². The maximum Gasteiger partial charge on any atom is 0.224 e. The number of anilines is 1. The Bertz CT molecular complexity index is 515. The second kappa shape index (κ2) is 7.26.